The molecule has 0 radical (unpaired) electrons. The van der Waals surface area contributed by atoms with Crippen LogP contribution in [0.3, 0.4) is 0 Å². The van der Waals surface area contributed by atoms with Gasteiger partial charge in [-0.15, -0.1) is 0 Å². The van der Waals surface area contributed by atoms with E-state index < -0.39 is 0 Å². The summed E-state index contributed by atoms with van der Waals surface area (Å²) in [4.78, 5) is 24.0. The van der Waals surface area contributed by atoms with E-state index in [1.54, 1.807) is 12.1 Å². The smallest absolute Gasteiger partial charge is 0.170 e. The molecule has 0 N–H and O–H groups in total. The van der Waals surface area contributed by atoms with Crippen LogP contribution in [0.4, 0.5) is 0 Å². The fourth-order valence-corrected chi connectivity index (χ4v) is 2.36. The van der Waals surface area contributed by atoms with Gasteiger partial charge < -0.3 is 0 Å². The predicted octanol–water partition coefficient (Wildman–Crippen LogP) is 4.14. The van der Waals surface area contributed by atoms with E-state index in [1.165, 1.54) is 0 Å². The Bertz CT molecular complexity index is 630. The average molecular weight is 331 g/mol. The minimum Gasteiger partial charge on any atom is -0.299 e. The normalized spacial score (nSPS) is 10.3. The van der Waals surface area contributed by atoms with Gasteiger partial charge in [-0.25, -0.2) is 0 Å². The summed E-state index contributed by atoms with van der Waals surface area (Å²) in [6, 6.07) is 14.9. The molecule has 2 aromatic carbocycles. The van der Waals surface area contributed by atoms with E-state index in [9.17, 15) is 9.59 Å². The van der Waals surface area contributed by atoms with E-state index in [0.29, 0.717) is 5.56 Å². The standard InChI is InChI=1S/C17H15BrO2/c1-12-6-8-13(9-7-12)17(20)11-15(19)10-14-4-2-3-5-16(14)18/h2-9H,10-11H2,1H3. The highest BCUT2D eigenvalue weighted by atomic mass is 79.9. The summed E-state index contributed by atoms with van der Waals surface area (Å²) < 4.78 is 0.899. The first-order valence-electron chi connectivity index (χ1n) is 6.41. The van der Waals surface area contributed by atoms with Crippen LogP contribution in [0.1, 0.15) is 27.9 Å². The highest BCUT2D eigenvalue weighted by Gasteiger charge is 2.13. The van der Waals surface area contributed by atoms with Gasteiger partial charge in [0.15, 0.2) is 5.78 Å². The predicted molar refractivity (Wildman–Crippen MR) is 83.0 cm³/mol. The van der Waals surface area contributed by atoms with Crippen LogP contribution in [0.2, 0.25) is 0 Å². The Morgan fingerprint density at radius 2 is 1.65 bits per heavy atom. The molecule has 2 aromatic rings. The van der Waals surface area contributed by atoms with Crippen LogP contribution in [0.15, 0.2) is 53.0 Å². The Morgan fingerprint density at radius 1 is 1.00 bits per heavy atom. The van der Waals surface area contributed by atoms with Crippen molar-refractivity contribution >= 4 is 27.5 Å². The third-order valence-corrected chi connectivity index (χ3v) is 3.85. The Balaban J connectivity index is 2.00. The maximum absolute atomic E-state index is 12.0. The second-order valence-electron chi connectivity index (χ2n) is 4.77. The Hall–Kier alpha value is -1.74. The van der Waals surface area contributed by atoms with E-state index in [1.807, 2.05) is 43.3 Å². The van der Waals surface area contributed by atoms with Crippen molar-refractivity contribution in [2.24, 2.45) is 0 Å². The van der Waals surface area contributed by atoms with Gasteiger partial charge in [0.1, 0.15) is 5.78 Å². The van der Waals surface area contributed by atoms with Crippen LogP contribution in [-0.4, -0.2) is 11.6 Å². The van der Waals surface area contributed by atoms with Crippen molar-refractivity contribution in [2.45, 2.75) is 19.8 Å². The topological polar surface area (TPSA) is 34.1 Å². The van der Waals surface area contributed by atoms with E-state index >= 15 is 0 Å². The summed E-state index contributed by atoms with van der Waals surface area (Å²) in [5, 5.41) is 0. The van der Waals surface area contributed by atoms with E-state index in [2.05, 4.69) is 15.9 Å². The molecule has 0 aliphatic rings. The van der Waals surface area contributed by atoms with Crippen molar-refractivity contribution in [3.63, 3.8) is 0 Å². The molecule has 0 aliphatic carbocycles. The van der Waals surface area contributed by atoms with Crippen molar-refractivity contribution < 1.29 is 9.59 Å². The number of hydrogen-bond acceptors (Lipinski definition) is 2. The molecule has 0 saturated carbocycles. The van der Waals surface area contributed by atoms with E-state index in [0.717, 1.165) is 15.6 Å². The number of Topliss-reactive ketones (excluding diaryl/α,β-unsaturated/α-hetero) is 2. The molecular weight excluding hydrogens is 316 g/mol. The first-order chi connectivity index (χ1) is 9.56. The van der Waals surface area contributed by atoms with Crippen LogP contribution in [0.25, 0.3) is 0 Å². The number of carbonyl (C=O) groups excluding carboxylic acids is 2. The molecule has 0 saturated heterocycles. The van der Waals surface area contributed by atoms with Crippen LogP contribution < -0.4 is 0 Å². The lowest BCUT2D eigenvalue weighted by Crippen LogP contribution is -2.11. The molecule has 2 rings (SSSR count). The second kappa shape index (κ2) is 6.62. The molecule has 0 spiro atoms. The van der Waals surface area contributed by atoms with Gasteiger partial charge in [-0.05, 0) is 18.6 Å². The molecule has 0 heterocycles. The number of benzene rings is 2. The Kier molecular flexibility index (Phi) is 4.85. The minimum atomic E-state index is -0.123. The number of aryl methyl sites for hydroxylation is 1. The maximum Gasteiger partial charge on any atom is 0.170 e. The average Bonchev–Trinajstić information content (AvgIpc) is 2.42. The lowest BCUT2D eigenvalue weighted by atomic mass is 10.0. The summed E-state index contributed by atoms with van der Waals surface area (Å²) in [5.41, 5.74) is 2.60. The van der Waals surface area contributed by atoms with Gasteiger partial charge >= 0.3 is 0 Å². The zero-order valence-corrected chi connectivity index (χ0v) is 12.8. The van der Waals surface area contributed by atoms with Gasteiger partial charge in [0.2, 0.25) is 0 Å². The van der Waals surface area contributed by atoms with E-state index in [4.69, 9.17) is 0 Å². The van der Waals surface area contributed by atoms with Gasteiger partial charge in [-0.1, -0.05) is 64.0 Å². The fraction of sp³-hybridized carbons (Fsp3) is 0.176. The van der Waals surface area contributed by atoms with Crippen LogP contribution in [0, 0.1) is 6.92 Å². The quantitative estimate of drug-likeness (QED) is 0.609. The maximum atomic E-state index is 12.0. The highest BCUT2D eigenvalue weighted by Crippen LogP contribution is 2.17. The second-order valence-corrected chi connectivity index (χ2v) is 5.63. The van der Waals surface area contributed by atoms with Crippen molar-refractivity contribution in [3.8, 4) is 0 Å². The summed E-state index contributed by atoms with van der Waals surface area (Å²) in [5.74, 6) is -0.190. The molecule has 3 heteroatoms. The molecule has 2 nitrogen and oxygen atoms in total. The molecule has 0 fully saturated rings. The molecule has 102 valence electrons. The molecule has 0 aliphatic heterocycles. The summed E-state index contributed by atoms with van der Waals surface area (Å²) in [6.07, 6.45) is 0.226. The Morgan fingerprint density at radius 3 is 2.30 bits per heavy atom. The van der Waals surface area contributed by atoms with Crippen molar-refractivity contribution in [2.75, 3.05) is 0 Å². The summed E-state index contributed by atoms with van der Waals surface area (Å²) >= 11 is 3.41. The van der Waals surface area contributed by atoms with Crippen molar-refractivity contribution in [1.82, 2.24) is 0 Å². The fourth-order valence-electron chi connectivity index (χ4n) is 1.94. The van der Waals surface area contributed by atoms with Crippen LogP contribution in [0.5, 0.6) is 0 Å². The summed E-state index contributed by atoms with van der Waals surface area (Å²) in [6.45, 7) is 1.96. The van der Waals surface area contributed by atoms with Crippen LogP contribution >= 0.6 is 15.9 Å². The third-order valence-electron chi connectivity index (χ3n) is 3.08. The van der Waals surface area contributed by atoms with Crippen molar-refractivity contribution in [3.05, 3.63) is 69.7 Å². The van der Waals surface area contributed by atoms with E-state index in [-0.39, 0.29) is 24.4 Å². The SMILES string of the molecule is Cc1ccc(C(=O)CC(=O)Cc2ccccc2Br)cc1. The largest absolute Gasteiger partial charge is 0.299 e. The number of carbonyl (C=O) groups is 2. The molecule has 0 unspecified atom stereocenters. The highest BCUT2D eigenvalue weighted by molar-refractivity contribution is 9.10. The monoisotopic (exact) mass is 330 g/mol. The minimum absolute atomic E-state index is 0.0512. The zero-order chi connectivity index (χ0) is 14.5. The first kappa shape index (κ1) is 14.7. The first-order valence-corrected chi connectivity index (χ1v) is 7.20. The Labute approximate surface area is 127 Å². The van der Waals surface area contributed by atoms with Gasteiger partial charge in [-0.2, -0.15) is 0 Å². The third kappa shape index (κ3) is 3.87. The summed E-state index contributed by atoms with van der Waals surface area (Å²) in [7, 11) is 0. The van der Waals surface area contributed by atoms with Gasteiger partial charge in [-0.3, -0.25) is 9.59 Å². The molecule has 0 amide bonds. The lowest BCUT2D eigenvalue weighted by Gasteiger charge is -2.04. The molecule has 0 aromatic heterocycles. The number of rotatable bonds is 5. The lowest BCUT2D eigenvalue weighted by molar-refractivity contribution is -0.117. The number of halogens is 1. The molecular formula is C17H15BrO2. The molecule has 0 bridgehead atoms. The van der Waals surface area contributed by atoms with Gasteiger partial charge in [0.25, 0.3) is 0 Å². The van der Waals surface area contributed by atoms with Crippen LogP contribution in [-0.2, 0) is 11.2 Å². The van der Waals surface area contributed by atoms with Gasteiger partial charge in [0, 0.05) is 16.5 Å². The van der Waals surface area contributed by atoms with Crippen molar-refractivity contribution in [1.29, 1.82) is 0 Å². The molecule has 20 heavy (non-hydrogen) atoms. The zero-order valence-electron chi connectivity index (χ0n) is 11.2. The number of ketones is 2. The van der Waals surface area contributed by atoms with Gasteiger partial charge in [0.05, 0.1) is 6.42 Å². The number of hydrogen-bond donors (Lipinski definition) is 0. The molecule has 0 atom stereocenters.